The summed E-state index contributed by atoms with van der Waals surface area (Å²) >= 11 is 0. The van der Waals surface area contributed by atoms with E-state index in [1.165, 1.54) is 23.5 Å². The molecule has 10 heteroatoms. The van der Waals surface area contributed by atoms with E-state index in [-0.39, 0.29) is 18.0 Å². The molecule has 0 saturated carbocycles. The molecule has 1 aliphatic heterocycles. The van der Waals surface area contributed by atoms with E-state index in [0.717, 1.165) is 0 Å². The van der Waals surface area contributed by atoms with Gasteiger partial charge in [-0.3, -0.25) is 9.59 Å². The monoisotopic (exact) mass is 399 g/mol. The van der Waals surface area contributed by atoms with Crippen molar-refractivity contribution in [3.05, 3.63) is 24.3 Å². The number of nitrogens with zero attached hydrogens (tertiary/aromatic N) is 1. The molecule has 1 aliphatic rings. The van der Waals surface area contributed by atoms with Crippen LogP contribution in [0.15, 0.2) is 29.2 Å². The van der Waals surface area contributed by atoms with Gasteiger partial charge in [-0.05, 0) is 37.1 Å². The van der Waals surface area contributed by atoms with Crippen LogP contribution >= 0.6 is 0 Å². The van der Waals surface area contributed by atoms with Gasteiger partial charge in [-0.2, -0.15) is 4.31 Å². The van der Waals surface area contributed by atoms with Crippen LogP contribution in [0.25, 0.3) is 0 Å². The molecule has 1 aromatic rings. The van der Waals surface area contributed by atoms with Crippen molar-refractivity contribution in [1.29, 1.82) is 0 Å². The highest BCUT2D eigenvalue weighted by Gasteiger charge is 2.34. The van der Waals surface area contributed by atoms with E-state index >= 15 is 0 Å². The van der Waals surface area contributed by atoms with Crippen molar-refractivity contribution in [3.8, 4) is 5.75 Å². The molecule has 0 bridgehead atoms. The standard InChI is InChI=1S/C17H25N3O6S/c1-3-9-18-16(21)17(22)19-12-15-20(10-4-11-26-15)27(23,24)14-7-5-13(25-2)6-8-14/h5-8,15H,3-4,9-12H2,1-2H3,(H,18,21)(H,19,22)/t15-/m0/s1. The third-order valence-corrected chi connectivity index (χ3v) is 5.90. The summed E-state index contributed by atoms with van der Waals surface area (Å²) in [4.78, 5) is 23.6. The molecule has 2 amide bonds. The Morgan fingerprint density at radius 2 is 1.89 bits per heavy atom. The zero-order chi connectivity index (χ0) is 19.9. The third kappa shape index (κ3) is 5.41. The quantitative estimate of drug-likeness (QED) is 0.628. The van der Waals surface area contributed by atoms with Gasteiger partial charge < -0.3 is 20.1 Å². The lowest BCUT2D eigenvalue weighted by molar-refractivity contribution is -0.140. The van der Waals surface area contributed by atoms with Gasteiger partial charge in [-0.15, -0.1) is 0 Å². The van der Waals surface area contributed by atoms with Crippen molar-refractivity contribution < 1.29 is 27.5 Å². The third-order valence-electron chi connectivity index (χ3n) is 4.00. The van der Waals surface area contributed by atoms with Crippen LogP contribution in [0.2, 0.25) is 0 Å². The van der Waals surface area contributed by atoms with Crippen molar-refractivity contribution in [2.24, 2.45) is 0 Å². The Labute approximate surface area is 159 Å². The van der Waals surface area contributed by atoms with Crippen LogP contribution in [0, 0.1) is 0 Å². The molecule has 0 unspecified atom stereocenters. The highest BCUT2D eigenvalue weighted by atomic mass is 32.2. The Hall–Kier alpha value is -2.17. The summed E-state index contributed by atoms with van der Waals surface area (Å²) in [5.41, 5.74) is 0. The van der Waals surface area contributed by atoms with E-state index in [2.05, 4.69) is 10.6 Å². The molecule has 0 aliphatic carbocycles. The summed E-state index contributed by atoms with van der Waals surface area (Å²) < 4.78 is 37.6. The fourth-order valence-electron chi connectivity index (χ4n) is 2.56. The summed E-state index contributed by atoms with van der Waals surface area (Å²) in [7, 11) is -2.32. The summed E-state index contributed by atoms with van der Waals surface area (Å²) in [6.07, 6.45) is 0.365. The van der Waals surface area contributed by atoms with Gasteiger partial charge in [-0.1, -0.05) is 6.92 Å². The summed E-state index contributed by atoms with van der Waals surface area (Å²) in [6.45, 7) is 2.78. The highest BCUT2D eigenvalue weighted by molar-refractivity contribution is 7.89. The van der Waals surface area contributed by atoms with E-state index in [1.807, 2.05) is 6.92 Å². The van der Waals surface area contributed by atoms with Crippen LogP contribution in [-0.4, -0.2) is 64.1 Å². The minimum absolute atomic E-state index is 0.103. The Kier molecular flexibility index (Phi) is 7.57. The molecule has 1 atom stereocenters. The maximum absolute atomic E-state index is 12.9. The Bertz CT molecular complexity index is 750. The minimum atomic E-state index is -3.82. The van der Waals surface area contributed by atoms with Crippen LogP contribution in [0.4, 0.5) is 0 Å². The van der Waals surface area contributed by atoms with Gasteiger partial charge in [0.15, 0.2) is 0 Å². The average molecular weight is 399 g/mol. The second kappa shape index (κ2) is 9.67. The SMILES string of the molecule is CCCNC(=O)C(=O)NC[C@@H]1OCCCN1S(=O)(=O)c1ccc(OC)cc1. The zero-order valence-electron chi connectivity index (χ0n) is 15.4. The molecule has 2 N–H and O–H groups in total. The first-order valence-corrected chi connectivity index (χ1v) is 10.2. The van der Waals surface area contributed by atoms with Crippen molar-refractivity contribution in [2.75, 3.05) is 33.4 Å². The Morgan fingerprint density at radius 1 is 1.22 bits per heavy atom. The highest BCUT2D eigenvalue weighted by Crippen LogP contribution is 2.23. The lowest BCUT2D eigenvalue weighted by atomic mass is 10.3. The number of nitrogens with one attached hydrogen (secondary N) is 2. The van der Waals surface area contributed by atoms with Crippen molar-refractivity contribution in [2.45, 2.75) is 30.9 Å². The average Bonchev–Trinajstić information content (AvgIpc) is 2.70. The van der Waals surface area contributed by atoms with E-state index in [1.54, 1.807) is 12.1 Å². The van der Waals surface area contributed by atoms with Crippen LogP contribution in [0.1, 0.15) is 19.8 Å². The zero-order valence-corrected chi connectivity index (χ0v) is 16.3. The van der Waals surface area contributed by atoms with Gasteiger partial charge in [0.25, 0.3) is 0 Å². The predicted molar refractivity (Wildman–Crippen MR) is 97.6 cm³/mol. The second-order valence-corrected chi connectivity index (χ2v) is 7.83. The number of carbonyl (C=O) groups is 2. The maximum Gasteiger partial charge on any atom is 0.309 e. The lowest BCUT2D eigenvalue weighted by Gasteiger charge is -2.34. The van der Waals surface area contributed by atoms with Gasteiger partial charge in [0.1, 0.15) is 12.0 Å². The number of sulfonamides is 1. The van der Waals surface area contributed by atoms with Gasteiger partial charge in [0.2, 0.25) is 10.0 Å². The molecule has 1 saturated heterocycles. The fourth-order valence-corrected chi connectivity index (χ4v) is 4.13. The smallest absolute Gasteiger partial charge is 0.309 e. The lowest BCUT2D eigenvalue weighted by Crippen LogP contribution is -2.53. The first-order chi connectivity index (χ1) is 12.9. The van der Waals surface area contributed by atoms with Crippen LogP contribution in [0.3, 0.4) is 0 Å². The molecule has 1 aromatic carbocycles. The molecular formula is C17H25N3O6S. The summed E-state index contributed by atoms with van der Waals surface area (Å²) in [6, 6.07) is 6.03. The molecular weight excluding hydrogens is 374 g/mol. The number of rotatable bonds is 7. The number of hydrogen-bond acceptors (Lipinski definition) is 6. The van der Waals surface area contributed by atoms with Gasteiger partial charge in [0.05, 0.1) is 25.2 Å². The number of methoxy groups -OCH3 is 1. The topological polar surface area (TPSA) is 114 Å². The number of hydrogen-bond donors (Lipinski definition) is 2. The molecule has 0 spiro atoms. The molecule has 2 rings (SSSR count). The Balaban J connectivity index is 2.07. The first-order valence-electron chi connectivity index (χ1n) is 8.73. The normalized spacial score (nSPS) is 17.9. The molecule has 9 nitrogen and oxygen atoms in total. The maximum atomic E-state index is 12.9. The van der Waals surface area contributed by atoms with E-state index in [0.29, 0.717) is 31.7 Å². The van der Waals surface area contributed by atoms with Crippen molar-refractivity contribution in [1.82, 2.24) is 14.9 Å². The number of amides is 2. The molecule has 150 valence electrons. The largest absolute Gasteiger partial charge is 0.497 e. The molecule has 1 heterocycles. The molecule has 27 heavy (non-hydrogen) atoms. The van der Waals surface area contributed by atoms with Crippen LogP contribution in [-0.2, 0) is 24.3 Å². The molecule has 1 fully saturated rings. The van der Waals surface area contributed by atoms with Crippen molar-refractivity contribution in [3.63, 3.8) is 0 Å². The summed E-state index contributed by atoms with van der Waals surface area (Å²) in [5.74, 6) is -1.03. The first kappa shape index (κ1) is 21.1. The fraction of sp³-hybridized carbons (Fsp3) is 0.529. The predicted octanol–water partition coefficient (Wildman–Crippen LogP) is 0.0747. The van der Waals surface area contributed by atoms with Crippen LogP contribution in [0.5, 0.6) is 5.75 Å². The molecule has 0 aromatic heterocycles. The second-order valence-electron chi connectivity index (χ2n) is 5.94. The number of ether oxygens (including phenoxy) is 2. The van der Waals surface area contributed by atoms with E-state index < -0.39 is 28.1 Å². The van der Waals surface area contributed by atoms with Gasteiger partial charge in [0, 0.05) is 13.1 Å². The van der Waals surface area contributed by atoms with Gasteiger partial charge >= 0.3 is 11.8 Å². The number of carbonyl (C=O) groups excluding carboxylic acids is 2. The summed E-state index contributed by atoms with van der Waals surface area (Å²) in [5, 5.41) is 4.89. The van der Waals surface area contributed by atoms with E-state index in [4.69, 9.17) is 9.47 Å². The van der Waals surface area contributed by atoms with Crippen LogP contribution < -0.4 is 15.4 Å². The van der Waals surface area contributed by atoms with Crippen molar-refractivity contribution >= 4 is 21.8 Å². The van der Waals surface area contributed by atoms with Gasteiger partial charge in [-0.25, -0.2) is 8.42 Å². The Morgan fingerprint density at radius 3 is 2.52 bits per heavy atom. The molecule has 0 radical (unpaired) electrons. The number of benzene rings is 1. The minimum Gasteiger partial charge on any atom is -0.497 e. The van der Waals surface area contributed by atoms with E-state index in [9.17, 15) is 18.0 Å².